The lowest BCUT2D eigenvalue weighted by Gasteiger charge is -2.01. The van der Waals surface area contributed by atoms with E-state index in [1.807, 2.05) is 6.92 Å². The average Bonchev–Trinajstić information content (AvgIpc) is 2.27. The van der Waals surface area contributed by atoms with Crippen molar-refractivity contribution in [1.82, 2.24) is 0 Å². The molecular weight excluding hydrogens is 210 g/mol. The Hall–Kier alpha value is -2.17. The standard InChI is InChI=1S/C11H11NO4/c1-2-3-8-11(13)16-10-7-5-4-6-9(10)12(14)15/h3-8H,2H2,1H3. The zero-order valence-corrected chi connectivity index (χ0v) is 8.75. The first kappa shape index (κ1) is 11.9. The molecule has 0 atom stereocenters. The molecule has 16 heavy (non-hydrogen) atoms. The molecule has 0 spiro atoms. The van der Waals surface area contributed by atoms with Crippen molar-refractivity contribution in [2.45, 2.75) is 13.3 Å². The molecule has 0 aliphatic rings. The molecule has 5 heteroatoms. The summed E-state index contributed by atoms with van der Waals surface area (Å²) >= 11 is 0. The van der Waals surface area contributed by atoms with Gasteiger partial charge in [-0.3, -0.25) is 10.1 Å². The first-order chi connectivity index (χ1) is 7.65. The van der Waals surface area contributed by atoms with Gasteiger partial charge in [0.25, 0.3) is 0 Å². The lowest BCUT2D eigenvalue weighted by molar-refractivity contribution is -0.385. The van der Waals surface area contributed by atoms with Crippen LogP contribution in [0.4, 0.5) is 5.69 Å². The van der Waals surface area contributed by atoms with Crippen molar-refractivity contribution < 1.29 is 14.5 Å². The third kappa shape index (κ3) is 3.20. The summed E-state index contributed by atoms with van der Waals surface area (Å²) < 4.78 is 4.84. The van der Waals surface area contributed by atoms with Gasteiger partial charge < -0.3 is 4.74 Å². The van der Waals surface area contributed by atoms with E-state index in [9.17, 15) is 14.9 Å². The van der Waals surface area contributed by atoms with E-state index in [1.54, 1.807) is 12.1 Å². The van der Waals surface area contributed by atoms with Gasteiger partial charge in [-0.1, -0.05) is 25.1 Å². The molecule has 0 saturated carbocycles. The molecule has 0 aliphatic heterocycles. The van der Waals surface area contributed by atoms with Gasteiger partial charge in [0.1, 0.15) is 0 Å². The molecule has 0 amide bonds. The van der Waals surface area contributed by atoms with Crippen LogP contribution < -0.4 is 4.74 Å². The first-order valence-electron chi connectivity index (χ1n) is 4.77. The van der Waals surface area contributed by atoms with Crippen LogP contribution in [0.3, 0.4) is 0 Å². The molecular formula is C11H11NO4. The number of nitro benzene ring substituents is 1. The first-order valence-corrected chi connectivity index (χ1v) is 4.77. The molecule has 0 bridgehead atoms. The van der Waals surface area contributed by atoms with Gasteiger partial charge in [-0.2, -0.15) is 0 Å². The van der Waals surface area contributed by atoms with Gasteiger partial charge in [-0.05, 0) is 12.5 Å². The maximum atomic E-state index is 11.2. The monoisotopic (exact) mass is 221 g/mol. The Balaban J connectivity index is 2.84. The highest BCUT2D eigenvalue weighted by atomic mass is 16.6. The van der Waals surface area contributed by atoms with E-state index in [0.29, 0.717) is 6.42 Å². The van der Waals surface area contributed by atoms with Gasteiger partial charge >= 0.3 is 11.7 Å². The van der Waals surface area contributed by atoms with Crippen LogP contribution in [-0.2, 0) is 4.79 Å². The molecule has 1 aromatic carbocycles. The highest BCUT2D eigenvalue weighted by Gasteiger charge is 2.15. The fourth-order valence-corrected chi connectivity index (χ4v) is 1.05. The second-order valence-electron chi connectivity index (χ2n) is 2.96. The number of para-hydroxylation sites is 2. The van der Waals surface area contributed by atoms with Crippen LogP contribution in [0.1, 0.15) is 13.3 Å². The third-order valence-corrected chi connectivity index (χ3v) is 1.76. The maximum absolute atomic E-state index is 11.2. The largest absolute Gasteiger partial charge is 0.416 e. The Kier molecular flexibility index (Phi) is 4.20. The highest BCUT2D eigenvalue weighted by molar-refractivity contribution is 5.84. The highest BCUT2D eigenvalue weighted by Crippen LogP contribution is 2.25. The van der Waals surface area contributed by atoms with E-state index >= 15 is 0 Å². The third-order valence-electron chi connectivity index (χ3n) is 1.76. The van der Waals surface area contributed by atoms with Gasteiger partial charge in [0.15, 0.2) is 0 Å². The number of benzene rings is 1. The van der Waals surface area contributed by atoms with E-state index < -0.39 is 10.9 Å². The summed E-state index contributed by atoms with van der Waals surface area (Å²) in [6.07, 6.45) is 3.57. The molecule has 0 N–H and O–H groups in total. The molecule has 84 valence electrons. The second-order valence-corrected chi connectivity index (χ2v) is 2.96. The van der Waals surface area contributed by atoms with Crippen LogP contribution in [0, 0.1) is 10.1 Å². The van der Waals surface area contributed by atoms with Crippen molar-refractivity contribution in [2.24, 2.45) is 0 Å². The molecule has 0 aromatic heterocycles. The van der Waals surface area contributed by atoms with Crippen molar-refractivity contribution in [3.63, 3.8) is 0 Å². The summed E-state index contributed by atoms with van der Waals surface area (Å²) in [5.41, 5.74) is -0.222. The summed E-state index contributed by atoms with van der Waals surface area (Å²) in [7, 11) is 0. The fourth-order valence-electron chi connectivity index (χ4n) is 1.05. The molecule has 0 radical (unpaired) electrons. The normalized spacial score (nSPS) is 10.3. The molecule has 5 nitrogen and oxygen atoms in total. The predicted molar refractivity (Wildman–Crippen MR) is 58.2 cm³/mol. The summed E-state index contributed by atoms with van der Waals surface area (Å²) in [4.78, 5) is 21.2. The maximum Gasteiger partial charge on any atom is 0.336 e. The van der Waals surface area contributed by atoms with E-state index in [0.717, 1.165) is 0 Å². The number of nitro groups is 1. The zero-order chi connectivity index (χ0) is 12.0. The van der Waals surface area contributed by atoms with Crippen molar-refractivity contribution in [3.05, 3.63) is 46.5 Å². The second kappa shape index (κ2) is 5.65. The van der Waals surface area contributed by atoms with Gasteiger partial charge in [0.2, 0.25) is 5.75 Å². The van der Waals surface area contributed by atoms with Crippen LogP contribution in [0.25, 0.3) is 0 Å². The minimum absolute atomic E-state index is 0.0433. The van der Waals surface area contributed by atoms with Crippen molar-refractivity contribution in [1.29, 1.82) is 0 Å². The van der Waals surface area contributed by atoms with Crippen LogP contribution in [0.5, 0.6) is 5.75 Å². The number of carbonyl (C=O) groups excluding carboxylic acids is 1. The van der Waals surface area contributed by atoms with Crippen LogP contribution in [0.15, 0.2) is 36.4 Å². The van der Waals surface area contributed by atoms with Crippen molar-refractivity contribution in [2.75, 3.05) is 0 Å². The van der Waals surface area contributed by atoms with Gasteiger partial charge in [-0.15, -0.1) is 0 Å². The number of nitrogens with zero attached hydrogens (tertiary/aromatic N) is 1. The Morgan fingerprint density at radius 1 is 1.50 bits per heavy atom. The lowest BCUT2D eigenvalue weighted by Crippen LogP contribution is -2.05. The summed E-state index contributed by atoms with van der Waals surface area (Å²) in [6, 6.07) is 5.75. The summed E-state index contributed by atoms with van der Waals surface area (Å²) in [5.74, 6) is -0.658. The minimum Gasteiger partial charge on any atom is -0.416 e. The number of esters is 1. The minimum atomic E-state index is -0.615. The van der Waals surface area contributed by atoms with Crippen molar-refractivity contribution >= 4 is 11.7 Å². The zero-order valence-electron chi connectivity index (χ0n) is 8.75. The van der Waals surface area contributed by atoms with E-state index in [2.05, 4.69) is 0 Å². The molecule has 0 saturated heterocycles. The number of carbonyl (C=O) groups is 1. The molecule has 0 fully saturated rings. The van der Waals surface area contributed by atoms with Crippen LogP contribution in [-0.4, -0.2) is 10.9 Å². The topological polar surface area (TPSA) is 69.4 Å². The fraction of sp³-hybridized carbons (Fsp3) is 0.182. The van der Waals surface area contributed by atoms with Crippen LogP contribution >= 0.6 is 0 Å². The lowest BCUT2D eigenvalue weighted by atomic mass is 10.3. The quantitative estimate of drug-likeness (QED) is 0.257. The van der Waals surface area contributed by atoms with E-state index in [-0.39, 0.29) is 11.4 Å². The number of allylic oxidation sites excluding steroid dienone is 1. The number of hydrogen-bond acceptors (Lipinski definition) is 4. The summed E-state index contributed by atoms with van der Waals surface area (Å²) in [6.45, 7) is 1.87. The van der Waals surface area contributed by atoms with Crippen LogP contribution in [0.2, 0.25) is 0 Å². The Bertz CT molecular complexity index is 426. The molecule has 0 unspecified atom stereocenters. The van der Waals surface area contributed by atoms with E-state index in [1.165, 1.54) is 24.3 Å². The predicted octanol–water partition coefficient (Wildman–Crippen LogP) is 2.47. The van der Waals surface area contributed by atoms with Gasteiger partial charge in [0, 0.05) is 12.1 Å². The Labute approximate surface area is 92.5 Å². The Morgan fingerprint density at radius 2 is 2.19 bits per heavy atom. The number of ether oxygens (including phenoxy) is 1. The summed E-state index contributed by atoms with van der Waals surface area (Å²) in [5, 5.41) is 10.6. The van der Waals surface area contributed by atoms with Crippen molar-refractivity contribution in [3.8, 4) is 5.75 Å². The SMILES string of the molecule is CCC=CC(=O)Oc1ccccc1[N+](=O)[O-]. The Morgan fingerprint density at radius 3 is 2.81 bits per heavy atom. The van der Waals surface area contributed by atoms with Gasteiger partial charge in [-0.25, -0.2) is 4.79 Å². The molecule has 1 aromatic rings. The number of rotatable bonds is 4. The average molecular weight is 221 g/mol. The van der Waals surface area contributed by atoms with Gasteiger partial charge in [0.05, 0.1) is 4.92 Å². The molecule has 0 aliphatic carbocycles. The number of hydrogen-bond donors (Lipinski definition) is 0. The van der Waals surface area contributed by atoms with E-state index in [4.69, 9.17) is 4.74 Å². The smallest absolute Gasteiger partial charge is 0.336 e. The molecule has 0 heterocycles. The molecule has 1 rings (SSSR count).